The van der Waals surface area contributed by atoms with Crippen molar-refractivity contribution in [2.45, 2.75) is 20.3 Å². The maximum absolute atomic E-state index is 11.0. The van der Waals surface area contributed by atoms with Gasteiger partial charge in [0, 0.05) is 13.7 Å². The quantitative estimate of drug-likeness (QED) is 0.441. The van der Waals surface area contributed by atoms with Crippen LogP contribution in [-0.2, 0) is 19.0 Å². The van der Waals surface area contributed by atoms with Crippen LogP contribution < -0.4 is 0 Å². The Morgan fingerprint density at radius 3 is 2.50 bits per heavy atom. The monoisotopic (exact) mass is 204 g/mol. The van der Waals surface area contributed by atoms with E-state index in [0.29, 0.717) is 38.8 Å². The predicted molar refractivity (Wildman–Crippen MR) is 53.1 cm³/mol. The first kappa shape index (κ1) is 13.4. The molecule has 0 bridgehead atoms. The third kappa shape index (κ3) is 9.48. The molecule has 14 heavy (non-hydrogen) atoms. The van der Waals surface area contributed by atoms with Gasteiger partial charge >= 0.3 is 5.97 Å². The fraction of sp³-hybridized carbons (Fsp3) is 0.900. The Labute approximate surface area is 85.5 Å². The molecular formula is C10H20O4. The van der Waals surface area contributed by atoms with Gasteiger partial charge in [-0.25, -0.2) is 0 Å². The van der Waals surface area contributed by atoms with Crippen molar-refractivity contribution in [1.82, 2.24) is 0 Å². The molecule has 84 valence electrons. The van der Waals surface area contributed by atoms with Gasteiger partial charge in [0.15, 0.2) is 0 Å². The van der Waals surface area contributed by atoms with Crippen molar-refractivity contribution in [3.63, 3.8) is 0 Å². The first-order valence-corrected chi connectivity index (χ1v) is 4.89. The van der Waals surface area contributed by atoms with Crippen molar-refractivity contribution >= 4 is 5.97 Å². The number of hydrogen-bond donors (Lipinski definition) is 0. The van der Waals surface area contributed by atoms with Crippen LogP contribution in [0.3, 0.4) is 0 Å². The van der Waals surface area contributed by atoms with Crippen molar-refractivity contribution in [2.75, 3.05) is 33.5 Å². The molecule has 0 N–H and O–H groups in total. The molecule has 0 unspecified atom stereocenters. The van der Waals surface area contributed by atoms with Crippen LogP contribution in [0.1, 0.15) is 20.3 Å². The predicted octanol–water partition coefficient (Wildman–Crippen LogP) is 1.24. The molecular weight excluding hydrogens is 184 g/mol. The van der Waals surface area contributed by atoms with Gasteiger partial charge in [0.1, 0.15) is 6.61 Å². The molecule has 0 aromatic rings. The summed E-state index contributed by atoms with van der Waals surface area (Å²) in [7, 11) is 1.57. The summed E-state index contributed by atoms with van der Waals surface area (Å²) < 4.78 is 14.8. The maximum Gasteiger partial charge on any atom is 0.308 e. The Morgan fingerprint density at radius 1 is 1.21 bits per heavy atom. The third-order valence-electron chi connectivity index (χ3n) is 1.45. The highest BCUT2D eigenvalue weighted by Crippen LogP contribution is 1.94. The highest BCUT2D eigenvalue weighted by atomic mass is 16.6. The molecule has 0 saturated carbocycles. The van der Waals surface area contributed by atoms with Gasteiger partial charge in [-0.1, -0.05) is 13.8 Å². The zero-order chi connectivity index (χ0) is 10.8. The lowest BCUT2D eigenvalue weighted by atomic mass is 10.2. The summed E-state index contributed by atoms with van der Waals surface area (Å²) in [6.07, 6.45) is 0.316. The molecule has 0 aliphatic heterocycles. The van der Waals surface area contributed by atoms with E-state index in [0.717, 1.165) is 0 Å². The molecule has 0 heterocycles. The lowest BCUT2D eigenvalue weighted by Crippen LogP contribution is -2.13. The molecule has 0 saturated heterocycles. The summed E-state index contributed by atoms with van der Waals surface area (Å²) in [6.45, 7) is 6.02. The van der Waals surface area contributed by atoms with Crippen LogP contribution >= 0.6 is 0 Å². The number of rotatable bonds is 8. The minimum atomic E-state index is -0.231. The van der Waals surface area contributed by atoms with Crippen LogP contribution in [0.25, 0.3) is 0 Å². The summed E-state index contributed by atoms with van der Waals surface area (Å²) in [5.74, 6) is 0.269. The molecule has 0 radical (unpaired) electrons. The minimum absolute atomic E-state index is 0.231. The number of hydrogen-bond acceptors (Lipinski definition) is 4. The molecule has 0 amide bonds. The molecule has 0 fully saturated rings. The van der Waals surface area contributed by atoms with E-state index >= 15 is 0 Å². The van der Waals surface area contributed by atoms with Crippen molar-refractivity contribution in [3.05, 3.63) is 0 Å². The summed E-state index contributed by atoms with van der Waals surface area (Å²) in [5.41, 5.74) is 0. The summed E-state index contributed by atoms with van der Waals surface area (Å²) in [6, 6.07) is 0. The Morgan fingerprint density at radius 2 is 1.93 bits per heavy atom. The highest BCUT2D eigenvalue weighted by molar-refractivity contribution is 5.69. The minimum Gasteiger partial charge on any atom is -0.463 e. The summed E-state index contributed by atoms with van der Waals surface area (Å²) >= 11 is 0. The van der Waals surface area contributed by atoms with Crippen LogP contribution in [0.4, 0.5) is 0 Å². The van der Waals surface area contributed by atoms with Crippen LogP contribution in [0, 0.1) is 5.92 Å². The lowest BCUT2D eigenvalue weighted by molar-refractivity contribution is -0.146. The smallest absolute Gasteiger partial charge is 0.308 e. The highest BCUT2D eigenvalue weighted by Gasteiger charge is 2.02. The normalized spacial score (nSPS) is 10.6. The van der Waals surface area contributed by atoms with E-state index < -0.39 is 0 Å². The zero-order valence-corrected chi connectivity index (χ0v) is 9.25. The average Bonchev–Trinajstić information content (AvgIpc) is 2.13. The lowest BCUT2D eigenvalue weighted by Gasteiger charge is -2.06. The first-order chi connectivity index (χ1) is 6.66. The summed E-state index contributed by atoms with van der Waals surface area (Å²) in [4.78, 5) is 11.0. The van der Waals surface area contributed by atoms with Crippen LogP contribution in [0.2, 0.25) is 0 Å². The SMILES string of the molecule is COCCOC(=O)CCOCC(C)C. The average molecular weight is 204 g/mol. The molecule has 0 aliphatic rings. The Bertz CT molecular complexity index is 145. The van der Waals surface area contributed by atoms with Gasteiger partial charge in [0.2, 0.25) is 0 Å². The van der Waals surface area contributed by atoms with Gasteiger partial charge in [-0.15, -0.1) is 0 Å². The van der Waals surface area contributed by atoms with E-state index in [9.17, 15) is 4.79 Å². The van der Waals surface area contributed by atoms with E-state index in [1.54, 1.807) is 7.11 Å². The van der Waals surface area contributed by atoms with Gasteiger partial charge < -0.3 is 14.2 Å². The van der Waals surface area contributed by atoms with Crippen molar-refractivity contribution < 1.29 is 19.0 Å². The number of ether oxygens (including phenoxy) is 3. The number of esters is 1. The third-order valence-corrected chi connectivity index (χ3v) is 1.45. The summed E-state index contributed by atoms with van der Waals surface area (Å²) in [5, 5.41) is 0. The fourth-order valence-corrected chi connectivity index (χ4v) is 0.786. The van der Waals surface area contributed by atoms with Crippen molar-refractivity contribution in [2.24, 2.45) is 5.92 Å². The number of carbonyl (C=O) groups is 1. The standard InChI is InChI=1S/C10H20O4/c1-9(2)8-13-5-4-10(11)14-7-6-12-3/h9H,4-8H2,1-3H3. The molecule has 0 aromatic heterocycles. The van der Waals surface area contributed by atoms with Crippen molar-refractivity contribution in [3.8, 4) is 0 Å². The largest absolute Gasteiger partial charge is 0.463 e. The van der Waals surface area contributed by atoms with Crippen LogP contribution in [0.15, 0.2) is 0 Å². The second-order valence-corrected chi connectivity index (χ2v) is 3.43. The van der Waals surface area contributed by atoms with Gasteiger partial charge in [0.25, 0.3) is 0 Å². The molecule has 4 nitrogen and oxygen atoms in total. The van der Waals surface area contributed by atoms with E-state index in [2.05, 4.69) is 13.8 Å². The van der Waals surface area contributed by atoms with Gasteiger partial charge in [-0.2, -0.15) is 0 Å². The van der Waals surface area contributed by atoms with E-state index in [4.69, 9.17) is 14.2 Å². The van der Waals surface area contributed by atoms with Crippen molar-refractivity contribution in [1.29, 1.82) is 0 Å². The molecule has 4 heteroatoms. The first-order valence-electron chi connectivity index (χ1n) is 4.89. The van der Waals surface area contributed by atoms with E-state index in [-0.39, 0.29) is 5.97 Å². The second-order valence-electron chi connectivity index (χ2n) is 3.43. The van der Waals surface area contributed by atoms with Gasteiger partial charge in [0.05, 0.1) is 19.6 Å². The van der Waals surface area contributed by atoms with E-state index in [1.807, 2.05) is 0 Å². The molecule has 0 spiro atoms. The second kappa shape index (κ2) is 8.97. The molecule has 0 aliphatic carbocycles. The van der Waals surface area contributed by atoms with Gasteiger partial charge in [-0.05, 0) is 5.92 Å². The van der Waals surface area contributed by atoms with Crippen LogP contribution in [0.5, 0.6) is 0 Å². The number of methoxy groups -OCH3 is 1. The topological polar surface area (TPSA) is 44.8 Å². The fourth-order valence-electron chi connectivity index (χ4n) is 0.786. The Hall–Kier alpha value is -0.610. The zero-order valence-electron chi connectivity index (χ0n) is 9.25. The maximum atomic E-state index is 11.0. The van der Waals surface area contributed by atoms with Crippen LogP contribution in [-0.4, -0.2) is 39.5 Å². The Balaban J connectivity index is 3.18. The molecule has 0 rings (SSSR count). The van der Waals surface area contributed by atoms with E-state index in [1.165, 1.54) is 0 Å². The molecule has 0 aromatic carbocycles. The Kier molecular flexibility index (Phi) is 8.57. The number of carbonyl (C=O) groups excluding carboxylic acids is 1. The molecule has 0 atom stereocenters. The van der Waals surface area contributed by atoms with Gasteiger partial charge in [-0.3, -0.25) is 4.79 Å².